The third-order valence-corrected chi connectivity index (χ3v) is 16.6. The minimum absolute atomic E-state index is 0.00859. The van der Waals surface area contributed by atoms with E-state index < -0.39 is 149 Å². The molecule has 78 heavy (non-hydrogen) atoms. The summed E-state index contributed by atoms with van der Waals surface area (Å²) < 4.78 is 62.4. The largest absolute Gasteiger partial charge is 0.477 e. The number of aliphatic hydroxyl groups is 5. The Labute approximate surface area is 456 Å². The molecule has 1 saturated carbocycles. The van der Waals surface area contributed by atoms with Crippen LogP contribution in [0, 0.1) is 23.6 Å². The Morgan fingerprint density at radius 2 is 1.64 bits per heavy atom. The first-order chi connectivity index (χ1) is 36.5. The zero-order chi connectivity index (χ0) is 57.9. The number of fused-ring (bicyclic) bond motifs is 1. The van der Waals surface area contributed by atoms with E-state index in [4.69, 9.17) is 33.2 Å². The number of aromatic nitrogens is 1. The van der Waals surface area contributed by atoms with Gasteiger partial charge in [-0.1, -0.05) is 20.8 Å². The van der Waals surface area contributed by atoms with Crippen LogP contribution in [0.2, 0.25) is 0 Å². The van der Waals surface area contributed by atoms with Crippen LogP contribution >= 0.6 is 0 Å². The topological polar surface area (TPSA) is 299 Å². The quantitative estimate of drug-likeness (QED) is 0.0766. The van der Waals surface area contributed by atoms with Gasteiger partial charge in [0, 0.05) is 68.8 Å². The number of carbonyl (C=O) groups is 3. The number of cyclic esters (lactones) is 1. The maximum absolute atomic E-state index is 15.5. The number of nitrogens with one attached hydrogen (secondary N) is 3. The van der Waals surface area contributed by atoms with Gasteiger partial charge in [-0.15, -0.1) is 0 Å². The van der Waals surface area contributed by atoms with E-state index in [1.54, 1.807) is 53.0 Å². The van der Waals surface area contributed by atoms with Crippen LogP contribution in [0.4, 0.5) is 10.1 Å². The maximum Gasteiger partial charge on any atom is 0.341 e. The van der Waals surface area contributed by atoms with Crippen LogP contribution in [0.25, 0.3) is 10.9 Å². The molecule has 3 saturated heterocycles. The van der Waals surface area contributed by atoms with Gasteiger partial charge in [0.25, 0.3) is 0 Å². The number of amides is 1. The molecule has 1 aliphatic carbocycles. The van der Waals surface area contributed by atoms with Crippen LogP contribution < -0.4 is 21.4 Å². The number of aromatic carboxylic acids is 1. The van der Waals surface area contributed by atoms with E-state index >= 15 is 4.39 Å². The number of benzene rings is 1. The van der Waals surface area contributed by atoms with E-state index in [2.05, 4.69) is 16.0 Å². The number of esters is 1. The van der Waals surface area contributed by atoms with Crippen molar-refractivity contribution in [3.63, 3.8) is 0 Å². The smallest absolute Gasteiger partial charge is 0.341 e. The van der Waals surface area contributed by atoms with Crippen molar-refractivity contribution in [2.45, 2.75) is 210 Å². The maximum atomic E-state index is 15.5. The molecule has 0 spiro atoms. The van der Waals surface area contributed by atoms with Crippen molar-refractivity contribution >= 4 is 34.4 Å². The number of halogens is 1. The molecule has 442 valence electrons. The number of pyridine rings is 1. The van der Waals surface area contributed by atoms with Gasteiger partial charge in [0.15, 0.2) is 12.6 Å². The number of carboxylic acid groups (broad SMARTS) is 1. The van der Waals surface area contributed by atoms with Gasteiger partial charge in [-0.05, 0) is 107 Å². The lowest BCUT2D eigenvalue weighted by atomic mass is 9.78. The third kappa shape index (κ3) is 14.2. The number of rotatable bonds is 18. The Bertz CT molecular complexity index is 2450. The van der Waals surface area contributed by atoms with E-state index in [1.165, 1.54) is 33.2 Å². The molecule has 4 heterocycles. The van der Waals surface area contributed by atoms with Crippen LogP contribution in [0.15, 0.2) is 23.1 Å². The van der Waals surface area contributed by atoms with Gasteiger partial charge in [-0.25, -0.2) is 9.18 Å². The van der Waals surface area contributed by atoms with Gasteiger partial charge in [0.2, 0.25) is 11.3 Å². The fourth-order valence-corrected chi connectivity index (χ4v) is 11.6. The minimum atomic E-state index is -2.11. The average Bonchev–Trinajstić information content (AvgIpc) is 4.27. The summed E-state index contributed by atoms with van der Waals surface area (Å²) in [6.45, 7) is 16.5. The second-order valence-electron chi connectivity index (χ2n) is 23.3. The minimum Gasteiger partial charge on any atom is -0.477 e. The standard InChI is InChI=1S/C55H88FN5O17/c1-14-41-55(10,71)46(65)31(6)49(67)59-27(2)22-54(9,73-26-34(62)24-57-17-18-58-38-21-39-35(20-37(38)56)43(63)36(50(68)69)25-61(39)33-15-16-33)48(78-52-44(64)40(60(11)12)19-28(3)74-52)29(4)45(30(5)51(70)76-41)77-42-23-53(8,72-13)47(66)32(7)75-42/h20-21,25,27-34,40-42,44-48,52,57-58,62,64-66,71H,14-19,22-24,26H2,1-13H3,(H,59,67)(H,68,69)/t27-,28-,29+,30-,31-,32+,34?,40+,41-,42+,44-,45+,46-,47+,48-,52+,53-,54-,55-/m1/s1. The van der Waals surface area contributed by atoms with Crippen molar-refractivity contribution in [1.29, 1.82) is 0 Å². The molecule has 19 atom stereocenters. The van der Waals surface area contributed by atoms with Gasteiger partial charge in [0.1, 0.15) is 35.3 Å². The highest BCUT2D eigenvalue weighted by atomic mass is 19.1. The molecule has 22 nitrogen and oxygen atoms in total. The molecular weight excluding hydrogens is 1020 g/mol. The Morgan fingerprint density at radius 3 is 2.26 bits per heavy atom. The SMILES string of the molecule is CC[C@H]1OC(=O)[C@H](C)[C@@H](O[C@H]2C[C@@](C)(OC)[C@@H](O)[C@H](C)O2)[C@H](C)[C@@H](O[C@@H]2O[C@H](C)C[C@H](N(C)C)[C@H]2O)[C@](C)(OCC(O)CNCCNc2cc3c(cc2F)c(=O)c(C(=O)O)cn3C2CC2)C[C@@H](C)NC(=O)[C@H](C)[C@@H](O)[C@]1(C)O. The van der Waals surface area contributed by atoms with Gasteiger partial charge >= 0.3 is 11.9 Å². The first-order valence-electron chi connectivity index (χ1n) is 27.5. The molecule has 4 fully saturated rings. The van der Waals surface area contributed by atoms with Crippen LogP contribution in [-0.4, -0.2) is 202 Å². The normalized spacial score (nSPS) is 38.0. The second kappa shape index (κ2) is 25.9. The molecule has 2 aromatic rings. The monoisotopic (exact) mass is 1110 g/mol. The summed E-state index contributed by atoms with van der Waals surface area (Å²) in [7, 11) is 5.13. The molecular formula is C55H88FN5O17. The van der Waals surface area contributed by atoms with Crippen molar-refractivity contribution in [3.05, 3.63) is 39.9 Å². The highest BCUT2D eigenvalue weighted by Gasteiger charge is 2.54. The number of hydrogen-bond donors (Lipinski definition) is 9. The molecule has 3 aliphatic heterocycles. The van der Waals surface area contributed by atoms with Crippen molar-refractivity contribution in [3.8, 4) is 0 Å². The number of ether oxygens (including phenoxy) is 7. The van der Waals surface area contributed by atoms with E-state index in [0.717, 1.165) is 18.9 Å². The van der Waals surface area contributed by atoms with Gasteiger partial charge in [-0.2, -0.15) is 0 Å². The van der Waals surface area contributed by atoms with E-state index in [-0.39, 0.29) is 62.6 Å². The summed E-state index contributed by atoms with van der Waals surface area (Å²) in [5, 5.41) is 77.0. The third-order valence-electron chi connectivity index (χ3n) is 16.6. The van der Waals surface area contributed by atoms with E-state index in [1.807, 2.05) is 25.9 Å². The summed E-state index contributed by atoms with van der Waals surface area (Å²) in [4.78, 5) is 55.4. The first kappa shape index (κ1) is 63.2. The van der Waals surface area contributed by atoms with Crippen LogP contribution in [-0.2, 0) is 42.7 Å². The van der Waals surface area contributed by atoms with Crippen molar-refractivity contribution in [2.75, 3.05) is 52.8 Å². The summed E-state index contributed by atoms with van der Waals surface area (Å²) in [5.41, 5.74) is -5.51. The van der Waals surface area contributed by atoms with Crippen molar-refractivity contribution in [1.82, 2.24) is 20.1 Å². The zero-order valence-electron chi connectivity index (χ0n) is 47.6. The second-order valence-corrected chi connectivity index (χ2v) is 23.3. The fourth-order valence-electron chi connectivity index (χ4n) is 11.6. The molecule has 1 aromatic carbocycles. The first-order valence-corrected chi connectivity index (χ1v) is 27.5. The van der Waals surface area contributed by atoms with Gasteiger partial charge in [0.05, 0.1) is 77.5 Å². The van der Waals surface area contributed by atoms with Crippen molar-refractivity contribution < 1.29 is 82.6 Å². The number of methoxy groups -OCH3 is 1. The summed E-state index contributed by atoms with van der Waals surface area (Å²) in [5.74, 6) is -6.91. The molecule has 6 rings (SSSR count). The van der Waals surface area contributed by atoms with Crippen LogP contribution in [0.1, 0.15) is 124 Å². The van der Waals surface area contributed by atoms with Gasteiger partial charge in [-0.3, -0.25) is 14.4 Å². The summed E-state index contributed by atoms with van der Waals surface area (Å²) in [6.07, 6.45) is -8.99. The van der Waals surface area contributed by atoms with E-state index in [0.29, 0.717) is 11.9 Å². The Balaban J connectivity index is 1.32. The Morgan fingerprint density at radius 1 is 0.962 bits per heavy atom. The molecule has 0 bridgehead atoms. The lowest BCUT2D eigenvalue weighted by Crippen LogP contribution is -2.61. The number of likely N-dealkylation sites (N-methyl/N-ethyl adjacent to an activating group) is 1. The van der Waals surface area contributed by atoms with Crippen LogP contribution in [0.5, 0.6) is 0 Å². The molecule has 23 heteroatoms. The fraction of sp³-hybridized carbons (Fsp3) is 0.782. The number of carboxylic acids is 1. The lowest BCUT2D eigenvalue weighted by molar-refractivity contribution is -0.321. The summed E-state index contributed by atoms with van der Waals surface area (Å²) >= 11 is 0. The Hall–Kier alpha value is -3.95. The number of hydrogen-bond acceptors (Lipinski definition) is 19. The molecule has 1 amide bonds. The highest BCUT2D eigenvalue weighted by molar-refractivity contribution is 5.93. The highest BCUT2D eigenvalue weighted by Crippen LogP contribution is 2.42. The van der Waals surface area contributed by atoms with Gasteiger partial charge < -0.3 is 89.2 Å². The number of carbonyl (C=O) groups excluding carboxylic acids is 2. The lowest BCUT2D eigenvalue weighted by Gasteiger charge is -2.50. The van der Waals surface area contributed by atoms with Crippen LogP contribution in [0.3, 0.4) is 0 Å². The van der Waals surface area contributed by atoms with Crippen molar-refractivity contribution in [2.24, 2.45) is 17.8 Å². The number of anilines is 1. The molecule has 9 N–H and O–H groups in total. The molecule has 1 aromatic heterocycles. The summed E-state index contributed by atoms with van der Waals surface area (Å²) in [6, 6.07) is 1.36. The van der Waals surface area contributed by atoms with E-state index in [9.17, 15) is 49.8 Å². The predicted octanol–water partition coefficient (Wildman–Crippen LogP) is 2.66. The molecule has 4 aliphatic rings. The molecule has 1 unspecified atom stereocenters. The Kier molecular flexibility index (Phi) is 21.0. The average molecular weight is 1110 g/mol. The molecule has 0 radical (unpaired) electrons. The zero-order valence-corrected chi connectivity index (χ0v) is 47.6. The number of nitrogens with zero attached hydrogens (tertiary/aromatic N) is 2. The number of aliphatic hydroxyl groups excluding tert-OH is 4. The predicted molar refractivity (Wildman–Crippen MR) is 284 cm³/mol.